The number of morpholine rings is 1. The van der Waals surface area contributed by atoms with Crippen LogP contribution in [-0.4, -0.2) is 60.1 Å². The van der Waals surface area contributed by atoms with E-state index in [1.165, 1.54) is 0 Å². The Morgan fingerprint density at radius 2 is 2.16 bits per heavy atom. The van der Waals surface area contributed by atoms with Gasteiger partial charge in [-0.25, -0.2) is 9.97 Å². The molecule has 3 rings (SSSR count). The molecule has 0 saturated carbocycles. The third-order valence-electron chi connectivity index (χ3n) is 4.21. The van der Waals surface area contributed by atoms with E-state index in [-0.39, 0.29) is 12.6 Å². The Bertz CT molecular complexity index is 695. The highest BCUT2D eigenvalue weighted by Crippen LogP contribution is 2.20. The minimum atomic E-state index is -0.511. The maximum atomic E-state index is 9.79. The summed E-state index contributed by atoms with van der Waals surface area (Å²) in [5.74, 6) is 2.13. The van der Waals surface area contributed by atoms with Crippen LogP contribution in [0.15, 0.2) is 36.5 Å². The molecule has 2 aromatic rings. The summed E-state index contributed by atoms with van der Waals surface area (Å²) in [6.45, 7) is 3.64. The van der Waals surface area contributed by atoms with Gasteiger partial charge in [-0.15, -0.1) is 0 Å². The average molecular weight is 344 g/mol. The quantitative estimate of drug-likeness (QED) is 0.728. The van der Waals surface area contributed by atoms with Crippen molar-refractivity contribution in [1.82, 2.24) is 15.3 Å². The number of anilines is 1. The van der Waals surface area contributed by atoms with Gasteiger partial charge in [-0.05, 0) is 37.3 Å². The van der Waals surface area contributed by atoms with Crippen LogP contribution in [0, 0.1) is 0 Å². The standard InChI is InChI=1S/C18H24N4O3/c1-13-9-25-12-18(11-23,22-13)10-20-16-7-8-19-17(21-16)14-3-5-15(24-2)6-4-14/h3-8,13,22-23H,9-12H2,1-2H3,(H,19,20,21)/t13-,18+/m1/s1. The lowest BCUT2D eigenvalue weighted by molar-refractivity contribution is -0.0158. The Labute approximate surface area is 147 Å². The molecule has 0 unspecified atom stereocenters. The highest BCUT2D eigenvalue weighted by molar-refractivity contribution is 5.58. The van der Waals surface area contributed by atoms with Crippen LogP contribution in [0.25, 0.3) is 11.4 Å². The van der Waals surface area contributed by atoms with E-state index in [0.717, 1.165) is 11.3 Å². The Morgan fingerprint density at radius 3 is 2.84 bits per heavy atom. The van der Waals surface area contributed by atoms with Crippen LogP contribution >= 0.6 is 0 Å². The second kappa shape index (κ2) is 7.77. The van der Waals surface area contributed by atoms with Crippen molar-refractivity contribution in [2.75, 3.05) is 38.8 Å². The molecule has 0 bridgehead atoms. The molecule has 1 aromatic carbocycles. The van der Waals surface area contributed by atoms with Crippen molar-refractivity contribution in [2.24, 2.45) is 0 Å². The summed E-state index contributed by atoms with van der Waals surface area (Å²) < 4.78 is 10.8. The van der Waals surface area contributed by atoms with E-state index in [9.17, 15) is 5.11 Å². The fraction of sp³-hybridized carbons (Fsp3) is 0.444. The highest BCUT2D eigenvalue weighted by atomic mass is 16.5. The van der Waals surface area contributed by atoms with E-state index in [0.29, 0.717) is 31.4 Å². The molecule has 7 heteroatoms. The molecule has 1 aliphatic heterocycles. The van der Waals surface area contributed by atoms with E-state index in [4.69, 9.17) is 9.47 Å². The number of aliphatic hydroxyl groups excluding tert-OH is 1. The minimum absolute atomic E-state index is 0.0131. The van der Waals surface area contributed by atoms with E-state index >= 15 is 0 Å². The van der Waals surface area contributed by atoms with Gasteiger partial charge < -0.3 is 25.2 Å². The molecule has 25 heavy (non-hydrogen) atoms. The second-order valence-corrected chi connectivity index (χ2v) is 6.35. The summed E-state index contributed by atoms with van der Waals surface area (Å²) in [6.07, 6.45) is 1.72. The van der Waals surface area contributed by atoms with Crippen LogP contribution in [-0.2, 0) is 4.74 Å². The first-order chi connectivity index (χ1) is 12.1. The molecule has 1 fully saturated rings. The van der Waals surface area contributed by atoms with Crippen molar-refractivity contribution in [3.05, 3.63) is 36.5 Å². The van der Waals surface area contributed by atoms with Gasteiger partial charge in [0.1, 0.15) is 11.6 Å². The van der Waals surface area contributed by atoms with Crippen molar-refractivity contribution in [1.29, 1.82) is 0 Å². The molecule has 2 heterocycles. The van der Waals surface area contributed by atoms with E-state index in [1.54, 1.807) is 13.3 Å². The SMILES string of the molecule is COc1ccc(-c2nccc(NC[C@]3(CO)COC[C@@H](C)N3)n2)cc1. The first kappa shape index (κ1) is 17.6. The average Bonchev–Trinajstić information content (AvgIpc) is 2.67. The number of nitrogens with zero attached hydrogens (tertiary/aromatic N) is 2. The predicted molar refractivity (Wildman–Crippen MR) is 95.7 cm³/mol. The van der Waals surface area contributed by atoms with Gasteiger partial charge in [0.25, 0.3) is 0 Å². The molecule has 0 radical (unpaired) electrons. The maximum absolute atomic E-state index is 9.79. The van der Waals surface area contributed by atoms with E-state index in [2.05, 4.69) is 20.6 Å². The van der Waals surface area contributed by atoms with Crippen molar-refractivity contribution >= 4 is 5.82 Å². The lowest BCUT2D eigenvalue weighted by atomic mass is 9.99. The smallest absolute Gasteiger partial charge is 0.161 e. The highest BCUT2D eigenvalue weighted by Gasteiger charge is 2.34. The van der Waals surface area contributed by atoms with Crippen LogP contribution < -0.4 is 15.4 Å². The number of benzene rings is 1. The maximum Gasteiger partial charge on any atom is 0.161 e. The molecule has 2 atom stereocenters. The van der Waals surface area contributed by atoms with Crippen molar-refractivity contribution < 1.29 is 14.6 Å². The zero-order chi connectivity index (χ0) is 17.7. The number of rotatable bonds is 6. The first-order valence-electron chi connectivity index (χ1n) is 8.32. The molecular formula is C18H24N4O3. The summed E-state index contributed by atoms with van der Waals surface area (Å²) in [5, 5.41) is 16.5. The number of aliphatic hydroxyl groups is 1. The Hall–Kier alpha value is -2.22. The molecule has 3 N–H and O–H groups in total. The van der Waals surface area contributed by atoms with E-state index < -0.39 is 5.54 Å². The summed E-state index contributed by atoms with van der Waals surface area (Å²) in [4.78, 5) is 8.88. The zero-order valence-electron chi connectivity index (χ0n) is 14.5. The van der Waals surface area contributed by atoms with Crippen LogP contribution in [0.3, 0.4) is 0 Å². The third kappa shape index (κ3) is 4.25. The second-order valence-electron chi connectivity index (χ2n) is 6.35. The summed E-state index contributed by atoms with van der Waals surface area (Å²) in [6, 6.07) is 9.61. The Kier molecular flexibility index (Phi) is 5.47. The number of hydrogen-bond donors (Lipinski definition) is 3. The van der Waals surface area contributed by atoms with Crippen LogP contribution in [0.1, 0.15) is 6.92 Å². The molecule has 0 spiro atoms. The number of ether oxygens (including phenoxy) is 2. The van der Waals surface area contributed by atoms with Gasteiger partial charge in [-0.3, -0.25) is 0 Å². The lowest BCUT2D eigenvalue weighted by Gasteiger charge is -2.40. The van der Waals surface area contributed by atoms with Crippen molar-refractivity contribution in [3.63, 3.8) is 0 Å². The molecule has 7 nitrogen and oxygen atoms in total. The Balaban J connectivity index is 1.70. The molecule has 1 aromatic heterocycles. The van der Waals surface area contributed by atoms with Gasteiger partial charge in [0.2, 0.25) is 0 Å². The predicted octanol–water partition coefficient (Wildman–Crippen LogP) is 1.30. The van der Waals surface area contributed by atoms with Gasteiger partial charge in [0, 0.05) is 24.3 Å². The van der Waals surface area contributed by atoms with Gasteiger partial charge in [-0.2, -0.15) is 0 Å². The number of hydrogen-bond acceptors (Lipinski definition) is 7. The van der Waals surface area contributed by atoms with Crippen LogP contribution in [0.4, 0.5) is 5.82 Å². The largest absolute Gasteiger partial charge is 0.497 e. The summed E-state index contributed by atoms with van der Waals surface area (Å²) >= 11 is 0. The molecule has 1 aliphatic rings. The monoisotopic (exact) mass is 344 g/mol. The van der Waals surface area contributed by atoms with E-state index in [1.807, 2.05) is 37.3 Å². The molecule has 134 valence electrons. The zero-order valence-corrected chi connectivity index (χ0v) is 14.5. The molecule has 0 amide bonds. The first-order valence-corrected chi connectivity index (χ1v) is 8.32. The fourth-order valence-electron chi connectivity index (χ4n) is 2.88. The van der Waals surface area contributed by atoms with Crippen LogP contribution in [0.2, 0.25) is 0 Å². The lowest BCUT2D eigenvalue weighted by Crippen LogP contribution is -2.63. The summed E-state index contributed by atoms with van der Waals surface area (Å²) in [7, 11) is 1.64. The number of methoxy groups -OCH3 is 1. The minimum Gasteiger partial charge on any atom is -0.497 e. The van der Waals surface area contributed by atoms with Crippen molar-refractivity contribution in [3.8, 4) is 17.1 Å². The van der Waals surface area contributed by atoms with Gasteiger partial charge in [0.15, 0.2) is 5.82 Å². The molecular weight excluding hydrogens is 320 g/mol. The molecule has 0 aliphatic carbocycles. The van der Waals surface area contributed by atoms with Gasteiger partial charge in [-0.1, -0.05) is 0 Å². The van der Waals surface area contributed by atoms with Crippen LogP contribution in [0.5, 0.6) is 5.75 Å². The van der Waals surface area contributed by atoms with Gasteiger partial charge in [0.05, 0.1) is 32.5 Å². The fourth-order valence-corrected chi connectivity index (χ4v) is 2.88. The van der Waals surface area contributed by atoms with Gasteiger partial charge >= 0.3 is 0 Å². The third-order valence-corrected chi connectivity index (χ3v) is 4.21. The normalized spacial score (nSPS) is 23.2. The number of nitrogens with one attached hydrogen (secondary N) is 2. The molecule has 1 saturated heterocycles. The van der Waals surface area contributed by atoms with Crippen molar-refractivity contribution in [2.45, 2.75) is 18.5 Å². The topological polar surface area (TPSA) is 88.5 Å². The number of aromatic nitrogens is 2. The Morgan fingerprint density at radius 1 is 1.36 bits per heavy atom. The summed E-state index contributed by atoms with van der Waals surface area (Å²) in [5.41, 5.74) is 0.400.